The highest BCUT2D eigenvalue weighted by Crippen LogP contribution is 2.35. The molecule has 1 heterocycles. The number of carbonyl (C=O) groups excluding carboxylic acids is 1. The number of rotatable bonds is 5. The molecule has 1 unspecified atom stereocenters. The minimum absolute atomic E-state index is 0.0809. The van der Waals surface area contributed by atoms with Gasteiger partial charge in [-0.3, -0.25) is 4.79 Å². The maximum atomic E-state index is 13.1. The van der Waals surface area contributed by atoms with E-state index >= 15 is 0 Å². The van der Waals surface area contributed by atoms with Crippen molar-refractivity contribution in [3.63, 3.8) is 0 Å². The predicted molar refractivity (Wildman–Crippen MR) is 99.2 cm³/mol. The van der Waals surface area contributed by atoms with Crippen LogP contribution in [0, 0.1) is 0 Å². The summed E-state index contributed by atoms with van der Waals surface area (Å²) >= 11 is 0. The lowest BCUT2D eigenvalue weighted by molar-refractivity contribution is -0.136. The first-order chi connectivity index (χ1) is 13.7. The van der Waals surface area contributed by atoms with Crippen LogP contribution in [0.3, 0.4) is 0 Å². The number of hydrogen-bond acceptors (Lipinski definition) is 5. The summed E-state index contributed by atoms with van der Waals surface area (Å²) in [6, 6.07) is 10.6. The molecular formula is C20H16F3NO5. The molecule has 6 nitrogen and oxygen atoms in total. The van der Waals surface area contributed by atoms with Gasteiger partial charge in [0.15, 0.2) is 6.10 Å². The Morgan fingerprint density at radius 2 is 1.72 bits per heavy atom. The fourth-order valence-corrected chi connectivity index (χ4v) is 2.63. The summed E-state index contributed by atoms with van der Waals surface area (Å²) in [5.41, 5.74) is -2.00. The van der Waals surface area contributed by atoms with Gasteiger partial charge < -0.3 is 19.2 Å². The van der Waals surface area contributed by atoms with Crippen LogP contribution in [0.25, 0.3) is 11.0 Å². The van der Waals surface area contributed by atoms with E-state index in [4.69, 9.17) is 13.9 Å². The molecule has 0 radical (unpaired) electrons. The van der Waals surface area contributed by atoms with E-state index < -0.39 is 29.4 Å². The number of benzene rings is 2. The number of carbonyl (C=O) groups is 1. The highest BCUT2D eigenvalue weighted by atomic mass is 19.4. The van der Waals surface area contributed by atoms with Gasteiger partial charge in [0.2, 0.25) is 0 Å². The quantitative estimate of drug-likeness (QED) is 0.641. The number of nitrogens with one attached hydrogen (secondary N) is 1. The summed E-state index contributed by atoms with van der Waals surface area (Å²) in [6.45, 7) is 1.48. The highest BCUT2D eigenvalue weighted by molar-refractivity contribution is 5.94. The number of fused-ring (bicyclic) bond motifs is 1. The second-order valence-electron chi connectivity index (χ2n) is 6.11. The molecule has 0 aliphatic rings. The number of halogens is 3. The van der Waals surface area contributed by atoms with Crippen LogP contribution in [-0.2, 0) is 11.0 Å². The molecule has 1 amide bonds. The molecule has 29 heavy (non-hydrogen) atoms. The molecule has 152 valence electrons. The number of anilines is 1. The van der Waals surface area contributed by atoms with Crippen molar-refractivity contribution in [3.8, 4) is 11.5 Å². The summed E-state index contributed by atoms with van der Waals surface area (Å²) in [5.74, 6) is 0.237. The molecule has 0 bridgehead atoms. The van der Waals surface area contributed by atoms with Crippen molar-refractivity contribution < 1.29 is 31.9 Å². The molecular weight excluding hydrogens is 391 g/mol. The third kappa shape index (κ3) is 4.68. The van der Waals surface area contributed by atoms with Gasteiger partial charge in [-0.1, -0.05) is 0 Å². The number of hydrogen-bond donors (Lipinski definition) is 1. The third-order valence-electron chi connectivity index (χ3n) is 4.06. The average molecular weight is 407 g/mol. The molecule has 0 aliphatic carbocycles. The van der Waals surface area contributed by atoms with Gasteiger partial charge in [0, 0.05) is 23.2 Å². The molecule has 3 rings (SSSR count). The van der Waals surface area contributed by atoms with Crippen molar-refractivity contribution in [1.82, 2.24) is 0 Å². The van der Waals surface area contributed by atoms with Crippen LogP contribution in [0.4, 0.5) is 18.9 Å². The Morgan fingerprint density at radius 1 is 1.07 bits per heavy atom. The lowest BCUT2D eigenvalue weighted by Gasteiger charge is -2.16. The number of alkyl halides is 3. The molecule has 1 atom stereocenters. The largest absolute Gasteiger partial charge is 0.497 e. The lowest BCUT2D eigenvalue weighted by atomic mass is 10.1. The number of amides is 1. The first-order valence-corrected chi connectivity index (χ1v) is 8.44. The van der Waals surface area contributed by atoms with E-state index in [0.29, 0.717) is 17.5 Å². The second-order valence-corrected chi connectivity index (χ2v) is 6.11. The summed E-state index contributed by atoms with van der Waals surface area (Å²) in [5, 5.41) is 2.37. The molecule has 0 saturated heterocycles. The van der Waals surface area contributed by atoms with E-state index in [-0.39, 0.29) is 16.7 Å². The molecule has 3 aromatic rings. The van der Waals surface area contributed by atoms with Gasteiger partial charge in [0.25, 0.3) is 5.91 Å². The molecule has 1 N–H and O–H groups in total. The fourth-order valence-electron chi connectivity index (χ4n) is 2.63. The Balaban J connectivity index is 1.78. The van der Waals surface area contributed by atoms with Gasteiger partial charge in [-0.2, -0.15) is 13.2 Å². The minimum atomic E-state index is -4.71. The van der Waals surface area contributed by atoms with Crippen LogP contribution in [0.5, 0.6) is 11.5 Å². The van der Waals surface area contributed by atoms with E-state index in [0.717, 1.165) is 12.1 Å². The van der Waals surface area contributed by atoms with Gasteiger partial charge in [0.05, 0.1) is 12.7 Å². The molecule has 0 spiro atoms. The monoisotopic (exact) mass is 407 g/mol. The van der Waals surface area contributed by atoms with Crippen LogP contribution in [0.1, 0.15) is 12.5 Å². The molecule has 9 heteroatoms. The number of methoxy groups -OCH3 is 1. The summed E-state index contributed by atoms with van der Waals surface area (Å²) < 4.78 is 54.7. The van der Waals surface area contributed by atoms with Crippen molar-refractivity contribution in [1.29, 1.82) is 0 Å². The van der Waals surface area contributed by atoms with E-state index in [9.17, 15) is 22.8 Å². The van der Waals surface area contributed by atoms with Crippen molar-refractivity contribution >= 4 is 22.6 Å². The van der Waals surface area contributed by atoms with Crippen LogP contribution in [-0.4, -0.2) is 19.1 Å². The smallest absolute Gasteiger partial charge is 0.417 e. The lowest BCUT2D eigenvalue weighted by Crippen LogP contribution is -2.30. The van der Waals surface area contributed by atoms with Crippen molar-refractivity contribution in [2.24, 2.45) is 0 Å². The van der Waals surface area contributed by atoms with Crippen molar-refractivity contribution in [3.05, 3.63) is 64.5 Å². The van der Waals surface area contributed by atoms with Gasteiger partial charge >= 0.3 is 11.8 Å². The fraction of sp³-hybridized carbons (Fsp3) is 0.200. The van der Waals surface area contributed by atoms with Gasteiger partial charge in [0.1, 0.15) is 17.1 Å². The predicted octanol–water partition coefficient (Wildman–Crippen LogP) is 4.23. The topological polar surface area (TPSA) is 77.8 Å². The molecule has 2 aromatic carbocycles. The SMILES string of the molecule is COc1ccc(NC(=O)C(C)Oc2ccc3c(C(F)(F)F)cc(=O)oc3c2)cc1. The molecule has 1 aromatic heterocycles. The van der Waals surface area contributed by atoms with Gasteiger partial charge in [-0.05, 0) is 43.3 Å². The minimum Gasteiger partial charge on any atom is -0.497 e. The maximum absolute atomic E-state index is 13.1. The van der Waals surface area contributed by atoms with Gasteiger partial charge in [-0.15, -0.1) is 0 Å². The first-order valence-electron chi connectivity index (χ1n) is 8.44. The van der Waals surface area contributed by atoms with Gasteiger partial charge in [-0.25, -0.2) is 4.79 Å². The van der Waals surface area contributed by atoms with Crippen molar-refractivity contribution in [2.75, 3.05) is 12.4 Å². The maximum Gasteiger partial charge on any atom is 0.417 e. The summed E-state index contributed by atoms with van der Waals surface area (Å²) in [7, 11) is 1.52. The summed E-state index contributed by atoms with van der Waals surface area (Å²) in [6.07, 6.45) is -5.67. The van der Waals surface area contributed by atoms with Crippen LogP contribution in [0.15, 0.2) is 57.7 Å². The Labute approximate surface area is 162 Å². The van der Waals surface area contributed by atoms with Crippen molar-refractivity contribution in [2.45, 2.75) is 19.2 Å². The second kappa shape index (κ2) is 7.86. The zero-order chi connectivity index (χ0) is 21.2. The standard InChI is InChI=1S/C20H16F3NO5/c1-11(19(26)24-12-3-5-13(27-2)6-4-12)28-14-7-8-15-16(20(21,22)23)10-18(25)29-17(15)9-14/h3-11H,1-2H3,(H,24,26). The Hall–Kier alpha value is -3.49. The highest BCUT2D eigenvalue weighted by Gasteiger charge is 2.34. The Kier molecular flexibility index (Phi) is 5.49. The molecule has 0 aliphatic heterocycles. The van der Waals surface area contributed by atoms with E-state index in [2.05, 4.69) is 5.32 Å². The Bertz CT molecular complexity index is 1090. The van der Waals surface area contributed by atoms with Crippen LogP contribution >= 0.6 is 0 Å². The zero-order valence-electron chi connectivity index (χ0n) is 15.4. The van der Waals surface area contributed by atoms with Crippen LogP contribution in [0.2, 0.25) is 0 Å². The normalized spacial score (nSPS) is 12.4. The van der Waals surface area contributed by atoms with E-state index in [1.165, 1.54) is 20.1 Å². The van der Waals surface area contributed by atoms with E-state index in [1.807, 2.05) is 0 Å². The first kappa shape index (κ1) is 20.2. The average Bonchev–Trinajstić information content (AvgIpc) is 2.66. The Morgan fingerprint density at radius 3 is 2.34 bits per heavy atom. The zero-order valence-corrected chi connectivity index (χ0v) is 15.4. The van der Waals surface area contributed by atoms with E-state index in [1.54, 1.807) is 24.3 Å². The summed E-state index contributed by atoms with van der Waals surface area (Å²) in [4.78, 5) is 23.7. The third-order valence-corrected chi connectivity index (χ3v) is 4.06. The molecule has 0 fully saturated rings. The van der Waals surface area contributed by atoms with Crippen LogP contribution < -0.4 is 20.4 Å². The number of ether oxygens (including phenoxy) is 2. The molecule has 0 saturated carbocycles.